The van der Waals surface area contributed by atoms with Crippen molar-refractivity contribution in [2.75, 3.05) is 32.8 Å². The lowest BCUT2D eigenvalue weighted by Gasteiger charge is -2.27. The molecule has 4 nitrogen and oxygen atoms in total. The van der Waals surface area contributed by atoms with Gasteiger partial charge in [-0.1, -0.05) is 19.3 Å². The topological polar surface area (TPSA) is 41.6 Å². The molecule has 2 rings (SSSR count). The van der Waals surface area contributed by atoms with E-state index in [0.29, 0.717) is 13.2 Å². The van der Waals surface area contributed by atoms with Crippen LogP contribution in [0.3, 0.4) is 0 Å². The Morgan fingerprint density at radius 1 is 1.31 bits per heavy atom. The smallest absolute Gasteiger partial charge is 0.317 e. The van der Waals surface area contributed by atoms with Crippen molar-refractivity contribution in [1.82, 2.24) is 10.2 Å². The summed E-state index contributed by atoms with van der Waals surface area (Å²) in [5.41, 5.74) is 0. The van der Waals surface area contributed by atoms with E-state index >= 15 is 0 Å². The molecule has 1 aliphatic carbocycles. The van der Waals surface area contributed by atoms with Gasteiger partial charge in [0.15, 0.2) is 0 Å². The fourth-order valence-corrected chi connectivity index (χ4v) is 2.25. The zero-order valence-electron chi connectivity index (χ0n) is 9.91. The van der Waals surface area contributed by atoms with Gasteiger partial charge in [-0.05, 0) is 18.8 Å². The Balaban J connectivity index is 1.52. The summed E-state index contributed by atoms with van der Waals surface area (Å²) in [6.07, 6.45) is 6.61. The van der Waals surface area contributed by atoms with E-state index in [9.17, 15) is 4.79 Å². The summed E-state index contributed by atoms with van der Waals surface area (Å²) in [7, 11) is 0. The van der Waals surface area contributed by atoms with E-state index in [4.69, 9.17) is 4.74 Å². The van der Waals surface area contributed by atoms with Crippen LogP contribution in [0.15, 0.2) is 0 Å². The Bertz CT molecular complexity index is 223. The quantitative estimate of drug-likeness (QED) is 0.740. The molecule has 0 unspecified atom stereocenters. The summed E-state index contributed by atoms with van der Waals surface area (Å²) in [4.78, 5) is 13.5. The lowest BCUT2D eigenvalue weighted by atomic mass is 9.82. The van der Waals surface area contributed by atoms with Gasteiger partial charge in [0.05, 0.1) is 13.2 Å². The molecule has 0 aromatic heterocycles. The molecule has 1 saturated carbocycles. The molecule has 0 aromatic carbocycles. The minimum Gasteiger partial charge on any atom is -0.378 e. The van der Waals surface area contributed by atoms with Gasteiger partial charge in [0.2, 0.25) is 0 Å². The zero-order chi connectivity index (χ0) is 11.2. The average molecular weight is 226 g/mol. The summed E-state index contributed by atoms with van der Waals surface area (Å²) in [6, 6.07) is 0.0805. The minimum absolute atomic E-state index is 0.0805. The van der Waals surface area contributed by atoms with Gasteiger partial charge < -0.3 is 15.0 Å². The molecule has 1 N–H and O–H groups in total. The number of amides is 2. The Hall–Kier alpha value is -0.770. The number of hydrogen-bond acceptors (Lipinski definition) is 2. The number of ether oxygens (including phenoxy) is 1. The third-order valence-electron chi connectivity index (χ3n) is 3.59. The summed E-state index contributed by atoms with van der Waals surface area (Å²) in [6.45, 7) is 3.64. The van der Waals surface area contributed by atoms with Gasteiger partial charge in [0.25, 0.3) is 0 Å². The zero-order valence-corrected chi connectivity index (χ0v) is 9.91. The van der Waals surface area contributed by atoms with E-state index in [1.807, 2.05) is 4.90 Å². The molecule has 1 heterocycles. The molecule has 2 fully saturated rings. The van der Waals surface area contributed by atoms with E-state index in [-0.39, 0.29) is 6.03 Å². The standard InChI is InChI=1S/C12H22N2O2/c15-12(14-7-9-16-10-8-14)13-6-2-5-11-3-1-4-11/h11H,1-10H2,(H,13,15). The normalized spacial score (nSPS) is 21.6. The van der Waals surface area contributed by atoms with Crippen molar-refractivity contribution in [3.05, 3.63) is 0 Å². The van der Waals surface area contributed by atoms with Gasteiger partial charge >= 0.3 is 6.03 Å². The number of hydrogen-bond donors (Lipinski definition) is 1. The number of carbonyl (C=O) groups excluding carboxylic acids is 1. The van der Waals surface area contributed by atoms with Gasteiger partial charge in [-0.3, -0.25) is 0 Å². The molecule has 16 heavy (non-hydrogen) atoms. The van der Waals surface area contributed by atoms with Crippen LogP contribution in [-0.2, 0) is 4.74 Å². The van der Waals surface area contributed by atoms with E-state index in [2.05, 4.69) is 5.32 Å². The van der Waals surface area contributed by atoms with Crippen LogP contribution >= 0.6 is 0 Å². The first kappa shape index (κ1) is 11.7. The largest absolute Gasteiger partial charge is 0.378 e. The summed E-state index contributed by atoms with van der Waals surface area (Å²) in [5.74, 6) is 0.945. The van der Waals surface area contributed by atoms with Crippen molar-refractivity contribution in [2.45, 2.75) is 32.1 Å². The predicted molar refractivity (Wildman–Crippen MR) is 62.4 cm³/mol. The molecule has 4 heteroatoms. The number of urea groups is 1. The highest BCUT2D eigenvalue weighted by Crippen LogP contribution is 2.30. The molecule has 1 saturated heterocycles. The molecule has 0 atom stereocenters. The van der Waals surface area contributed by atoms with Crippen LogP contribution in [0.4, 0.5) is 4.79 Å². The summed E-state index contributed by atoms with van der Waals surface area (Å²) in [5, 5.41) is 2.99. The number of rotatable bonds is 4. The Morgan fingerprint density at radius 2 is 2.06 bits per heavy atom. The maximum atomic E-state index is 11.7. The van der Waals surface area contributed by atoms with Gasteiger partial charge in [-0.2, -0.15) is 0 Å². The van der Waals surface area contributed by atoms with Crippen molar-refractivity contribution >= 4 is 6.03 Å². The SMILES string of the molecule is O=C(NCCCC1CCC1)N1CCOCC1. The monoisotopic (exact) mass is 226 g/mol. The lowest BCUT2D eigenvalue weighted by molar-refractivity contribution is 0.0532. The van der Waals surface area contributed by atoms with Crippen LogP contribution in [0.1, 0.15) is 32.1 Å². The Labute approximate surface area is 97.3 Å². The van der Waals surface area contributed by atoms with Crippen molar-refractivity contribution < 1.29 is 9.53 Å². The second kappa shape index (κ2) is 6.09. The number of nitrogens with zero attached hydrogens (tertiary/aromatic N) is 1. The predicted octanol–water partition coefficient (Wildman–Crippen LogP) is 1.61. The second-order valence-electron chi connectivity index (χ2n) is 4.77. The third kappa shape index (κ3) is 3.37. The van der Waals surface area contributed by atoms with E-state index < -0.39 is 0 Å². The average Bonchev–Trinajstić information content (AvgIpc) is 2.27. The molecular formula is C12H22N2O2. The number of morpholine rings is 1. The van der Waals surface area contributed by atoms with Crippen molar-refractivity contribution in [3.8, 4) is 0 Å². The molecular weight excluding hydrogens is 204 g/mol. The van der Waals surface area contributed by atoms with Crippen molar-refractivity contribution in [1.29, 1.82) is 0 Å². The van der Waals surface area contributed by atoms with Crippen LogP contribution in [0.25, 0.3) is 0 Å². The van der Waals surface area contributed by atoms with Gasteiger partial charge in [0, 0.05) is 19.6 Å². The van der Waals surface area contributed by atoms with Crippen LogP contribution in [-0.4, -0.2) is 43.8 Å². The molecule has 0 spiro atoms. The van der Waals surface area contributed by atoms with Crippen LogP contribution in [0.2, 0.25) is 0 Å². The van der Waals surface area contributed by atoms with Gasteiger partial charge in [-0.15, -0.1) is 0 Å². The lowest BCUT2D eigenvalue weighted by Crippen LogP contribution is -2.46. The third-order valence-corrected chi connectivity index (χ3v) is 3.59. The van der Waals surface area contributed by atoms with Gasteiger partial charge in [-0.25, -0.2) is 4.79 Å². The highest BCUT2D eigenvalue weighted by molar-refractivity contribution is 5.74. The molecule has 1 aliphatic heterocycles. The number of nitrogens with one attached hydrogen (secondary N) is 1. The fourth-order valence-electron chi connectivity index (χ4n) is 2.25. The molecule has 0 radical (unpaired) electrons. The minimum atomic E-state index is 0.0805. The first-order chi connectivity index (χ1) is 7.86. The maximum absolute atomic E-state index is 11.7. The fraction of sp³-hybridized carbons (Fsp3) is 0.917. The summed E-state index contributed by atoms with van der Waals surface area (Å²) >= 11 is 0. The first-order valence-corrected chi connectivity index (χ1v) is 6.47. The van der Waals surface area contributed by atoms with Crippen LogP contribution in [0, 0.1) is 5.92 Å². The Morgan fingerprint density at radius 3 is 2.69 bits per heavy atom. The molecule has 2 amide bonds. The molecule has 2 aliphatic rings. The van der Waals surface area contributed by atoms with E-state index in [0.717, 1.165) is 32.0 Å². The van der Waals surface area contributed by atoms with E-state index in [1.165, 1.54) is 25.7 Å². The van der Waals surface area contributed by atoms with E-state index in [1.54, 1.807) is 0 Å². The van der Waals surface area contributed by atoms with Crippen molar-refractivity contribution in [2.24, 2.45) is 5.92 Å². The highest BCUT2D eigenvalue weighted by Gasteiger charge is 2.18. The molecule has 0 aromatic rings. The van der Waals surface area contributed by atoms with Crippen LogP contribution < -0.4 is 5.32 Å². The Kier molecular flexibility index (Phi) is 4.45. The van der Waals surface area contributed by atoms with Crippen molar-refractivity contribution in [3.63, 3.8) is 0 Å². The maximum Gasteiger partial charge on any atom is 0.317 e. The molecule has 92 valence electrons. The molecule has 0 bridgehead atoms. The van der Waals surface area contributed by atoms with Crippen LogP contribution in [0.5, 0.6) is 0 Å². The highest BCUT2D eigenvalue weighted by atomic mass is 16.5. The summed E-state index contributed by atoms with van der Waals surface area (Å²) < 4.78 is 5.21. The van der Waals surface area contributed by atoms with Gasteiger partial charge in [0.1, 0.15) is 0 Å². The number of carbonyl (C=O) groups is 1. The second-order valence-corrected chi connectivity index (χ2v) is 4.77. The first-order valence-electron chi connectivity index (χ1n) is 6.47.